The van der Waals surface area contributed by atoms with Crippen LogP contribution >= 0.6 is 0 Å². The van der Waals surface area contributed by atoms with Gasteiger partial charge in [0.15, 0.2) is 17.1 Å². The molecule has 27 heavy (non-hydrogen) atoms. The molecule has 4 rings (SSSR count). The zero-order chi connectivity index (χ0) is 19.0. The fourth-order valence-corrected chi connectivity index (χ4v) is 2.96. The van der Waals surface area contributed by atoms with Crippen molar-refractivity contribution in [3.8, 4) is 22.8 Å². The summed E-state index contributed by atoms with van der Waals surface area (Å²) < 4.78 is 12.3. The number of nitrogens with two attached hydrogens (primary N) is 1. The number of amides is 1. The number of ether oxygens (including phenoxy) is 2. The number of carbonyl (C=O) groups excluding carboxylic acids is 1. The topological polar surface area (TPSA) is 124 Å². The Morgan fingerprint density at radius 1 is 1.30 bits per heavy atom. The highest BCUT2D eigenvalue weighted by Gasteiger charge is 2.21. The average Bonchev–Trinajstić information content (AvgIpc) is 3.02. The molecule has 1 aliphatic heterocycles. The predicted octanol–water partition coefficient (Wildman–Crippen LogP) is 1.18. The molecule has 140 valence electrons. The van der Waals surface area contributed by atoms with Gasteiger partial charge in [0.05, 0.1) is 5.69 Å². The minimum Gasteiger partial charge on any atom is -0.486 e. The number of fused-ring (bicyclic) bond motifs is 2. The summed E-state index contributed by atoms with van der Waals surface area (Å²) in [6, 6.07) is 6.70. The van der Waals surface area contributed by atoms with E-state index in [4.69, 9.17) is 15.2 Å². The summed E-state index contributed by atoms with van der Waals surface area (Å²) in [5.74, 6) is 0.954. The molecule has 3 heterocycles. The van der Waals surface area contributed by atoms with E-state index >= 15 is 0 Å². The van der Waals surface area contributed by atoms with Gasteiger partial charge >= 0.3 is 0 Å². The van der Waals surface area contributed by atoms with Crippen LogP contribution in [0.25, 0.3) is 16.9 Å². The van der Waals surface area contributed by atoms with Crippen molar-refractivity contribution < 1.29 is 14.3 Å². The third-order valence-corrected chi connectivity index (χ3v) is 4.24. The molecule has 1 aromatic carbocycles. The first kappa shape index (κ1) is 17.0. The second-order valence-corrected chi connectivity index (χ2v) is 6.15. The number of benzene rings is 1. The first-order valence-corrected chi connectivity index (χ1v) is 8.68. The van der Waals surface area contributed by atoms with Crippen molar-refractivity contribution in [1.29, 1.82) is 0 Å². The van der Waals surface area contributed by atoms with Gasteiger partial charge in [0.1, 0.15) is 24.6 Å². The van der Waals surface area contributed by atoms with E-state index in [-0.39, 0.29) is 28.5 Å². The van der Waals surface area contributed by atoms with Gasteiger partial charge in [0.25, 0.3) is 11.5 Å². The van der Waals surface area contributed by atoms with Gasteiger partial charge in [-0.15, -0.1) is 0 Å². The average molecular weight is 369 g/mol. The molecule has 0 unspecified atom stereocenters. The lowest BCUT2D eigenvalue weighted by molar-refractivity contribution is 0.0956. The number of nitrogen functional groups attached to an aromatic ring is 1. The number of nitrogens with one attached hydrogen (secondary N) is 2. The molecule has 0 saturated heterocycles. The molecule has 1 amide bonds. The standard InChI is InChI=1S/C18H19N5O4/c1-2-5-20-18(25)15-16(19)22-23-14(24)9-11(21-17(15)23)10-3-4-12-13(8-10)27-7-6-26-12/h3-4,8-9,22H,2,5-7,19H2,1H3,(H,20,25). The van der Waals surface area contributed by atoms with Gasteiger partial charge in [0.2, 0.25) is 0 Å². The van der Waals surface area contributed by atoms with E-state index in [1.807, 2.05) is 6.92 Å². The number of aromatic amines is 1. The first-order chi connectivity index (χ1) is 13.1. The maximum Gasteiger partial charge on any atom is 0.273 e. The van der Waals surface area contributed by atoms with Gasteiger partial charge in [0, 0.05) is 18.2 Å². The fraction of sp³-hybridized carbons (Fsp3) is 0.278. The van der Waals surface area contributed by atoms with Crippen LogP contribution in [0.2, 0.25) is 0 Å². The highest BCUT2D eigenvalue weighted by Crippen LogP contribution is 2.34. The summed E-state index contributed by atoms with van der Waals surface area (Å²) in [6.07, 6.45) is 0.782. The molecule has 2 aromatic heterocycles. The van der Waals surface area contributed by atoms with Crippen LogP contribution in [0.3, 0.4) is 0 Å². The summed E-state index contributed by atoms with van der Waals surface area (Å²) in [5, 5.41) is 5.45. The van der Waals surface area contributed by atoms with Crippen LogP contribution in [0.15, 0.2) is 29.1 Å². The highest BCUT2D eigenvalue weighted by molar-refractivity contribution is 6.04. The van der Waals surface area contributed by atoms with E-state index in [9.17, 15) is 9.59 Å². The summed E-state index contributed by atoms with van der Waals surface area (Å²) in [4.78, 5) is 29.5. The Morgan fingerprint density at radius 3 is 2.85 bits per heavy atom. The Balaban J connectivity index is 1.83. The molecular weight excluding hydrogens is 350 g/mol. The van der Waals surface area contributed by atoms with Crippen molar-refractivity contribution in [2.75, 3.05) is 25.5 Å². The Hall–Kier alpha value is -3.49. The normalized spacial score (nSPS) is 12.9. The zero-order valence-electron chi connectivity index (χ0n) is 14.7. The Bertz CT molecular complexity index is 1090. The van der Waals surface area contributed by atoms with Crippen molar-refractivity contribution in [1.82, 2.24) is 19.9 Å². The van der Waals surface area contributed by atoms with Gasteiger partial charge in [-0.05, 0) is 24.6 Å². The first-order valence-electron chi connectivity index (χ1n) is 8.68. The molecule has 0 bridgehead atoms. The molecule has 1 aliphatic rings. The number of carbonyl (C=O) groups is 1. The molecule has 0 fully saturated rings. The minimum absolute atomic E-state index is 0.0903. The van der Waals surface area contributed by atoms with Crippen LogP contribution in [0.4, 0.5) is 5.82 Å². The number of hydrogen-bond donors (Lipinski definition) is 3. The number of aromatic nitrogens is 3. The lowest BCUT2D eigenvalue weighted by atomic mass is 10.1. The van der Waals surface area contributed by atoms with Crippen molar-refractivity contribution in [3.63, 3.8) is 0 Å². The molecule has 0 spiro atoms. The van der Waals surface area contributed by atoms with E-state index in [1.165, 1.54) is 6.07 Å². The second-order valence-electron chi connectivity index (χ2n) is 6.15. The molecular formula is C18H19N5O4. The van der Waals surface area contributed by atoms with Crippen LogP contribution < -0.4 is 26.1 Å². The molecule has 4 N–H and O–H groups in total. The van der Waals surface area contributed by atoms with E-state index < -0.39 is 0 Å². The SMILES string of the molecule is CCCNC(=O)c1c(N)[nH]n2c(=O)cc(-c3ccc4c(c3)OCCO4)nc12. The summed E-state index contributed by atoms with van der Waals surface area (Å²) >= 11 is 0. The molecule has 9 heteroatoms. The molecule has 0 radical (unpaired) electrons. The number of hydrogen-bond acceptors (Lipinski definition) is 6. The number of H-pyrrole nitrogens is 1. The summed E-state index contributed by atoms with van der Waals surface area (Å²) in [6.45, 7) is 3.40. The lowest BCUT2D eigenvalue weighted by Crippen LogP contribution is -2.25. The summed E-state index contributed by atoms with van der Waals surface area (Å²) in [7, 11) is 0. The van der Waals surface area contributed by atoms with Crippen LogP contribution in [0, 0.1) is 0 Å². The van der Waals surface area contributed by atoms with Crippen LogP contribution in [-0.2, 0) is 0 Å². The van der Waals surface area contributed by atoms with E-state index in [1.54, 1.807) is 18.2 Å². The predicted molar refractivity (Wildman–Crippen MR) is 99.3 cm³/mol. The van der Waals surface area contributed by atoms with Crippen molar-refractivity contribution >= 4 is 17.4 Å². The Morgan fingerprint density at radius 2 is 2.07 bits per heavy atom. The smallest absolute Gasteiger partial charge is 0.273 e. The molecule has 0 atom stereocenters. The maximum atomic E-state index is 12.5. The van der Waals surface area contributed by atoms with Gasteiger partial charge in [-0.1, -0.05) is 6.92 Å². The van der Waals surface area contributed by atoms with Crippen LogP contribution in [0.5, 0.6) is 11.5 Å². The van der Waals surface area contributed by atoms with Crippen molar-refractivity contribution in [3.05, 3.63) is 40.2 Å². The number of rotatable bonds is 4. The lowest BCUT2D eigenvalue weighted by Gasteiger charge is -2.18. The van der Waals surface area contributed by atoms with Crippen LogP contribution in [-0.4, -0.2) is 40.3 Å². The van der Waals surface area contributed by atoms with Gasteiger partial charge in [-0.3, -0.25) is 14.7 Å². The van der Waals surface area contributed by atoms with E-state index in [0.717, 1.165) is 10.9 Å². The monoisotopic (exact) mass is 369 g/mol. The van der Waals surface area contributed by atoms with Crippen molar-refractivity contribution in [2.24, 2.45) is 0 Å². The fourth-order valence-electron chi connectivity index (χ4n) is 2.96. The molecule has 0 saturated carbocycles. The zero-order valence-corrected chi connectivity index (χ0v) is 14.7. The maximum absolute atomic E-state index is 12.5. The van der Waals surface area contributed by atoms with E-state index in [0.29, 0.717) is 42.5 Å². The van der Waals surface area contributed by atoms with Crippen LogP contribution in [0.1, 0.15) is 23.7 Å². The molecule has 3 aromatic rings. The number of nitrogens with zero attached hydrogens (tertiary/aromatic N) is 2. The quantitative estimate of drug-likeness (QED) is 0.634. The Kier molecular flexibility index (Phi) is 4.19. The molecule has 0 aliphatic carbocycles. The summed E-state index contributed by atoms with van der Waals surface area (Å²) in [5.41, 5.74) is 6.98. The third kappa shape index (κ3) is 2.97. The largest absolute Gasteiger partial charge is 0.486 e. The van der Waals surface area contributed by atoms with Crippen molar-refractivity contribution in [2.45, 2.75) is 13.3 Å². The highest BCUT2D eigenvalue weighted by atomic mass is 16.6. The van der Waals surface area contributed by atoms with E-state index in [2.05, 4.69) is 15.4 Å². The minimum atomic E-state index is -0.376. The van der Waals surface area contributed by atoms with Gasteiger partial charge in [-0.2, -0.15) is 4.52 Å². The number of anilines is 1. The second kappa shape index (κ2) is 6.67. The van der Waals surface area contributed by atoms with Gasteiger partial charge in [-0.25, -0.2) is 4.98 Å². The van der Waals surface area contributed by atoms with Gasteiger partial charge < -0.3 is 20.5 Å². The Labute approximate surface area is 154 Å². The third-order valence-electron chi connectivity index (χ3n) is 4.24. The molecule has 9 nitrogen and oxygen atoms in total.